The Morgan fingerprint density at radius 3 is 2.71 bits per heavy atom. The second-order valence-corrected chi connectivity index (χ2v) is 3.68. The van der Waals surface area contributed by atoms with E-state index in [-0.39, 0.29) is 5.91 Å². The van der Waals surface area contributed by atoms with E-state index in [1.54, 1.807) is 24.5 Å². The van der Waals surface area contributed by atoms with E-state index in [1.807, 2.05) is 12.1 Å². The standard InChI is InChI=1S/C12H14N4O/c13-6-5-9-1-3-10(4-2-9)12(17)16-11-7-14-15-8-11/h1-4,7-8H,5-6,13H2,(H,14,15)(H,16,17). The highest BCUT2D eigenvalue weighted by Crippen LogP contribution is 2.08. The molecular weight excluding hydrogens is 216 g/mol. The molecule has 0 aliphatic rings. The van der Waals surface area contributed by atoms with Crippen molar-refractivity contribution >= 4 is 11.6 Å². The lowest BCUT2D eigenvalue weighted by Gasteiger charge is -2.03. The summed E-state index contributed by atoms with van der Waals surface area (Å²) in [7, 11) is 0. The van der Waals surface area contributed by atoms with Crippen LogP contribution >= 0.6 is 0 Å². The van der Waals surface area contributed by atoms with Crippen molar-refractivity contribution in [3.63, 3.8) is 0 Å². The van der Waals surface area contributed by atoms with E-state index in [9.17, 15) is 4.79 Å². The van der Waals surface area contributed by atoms with Crippen LogP contribution in [0.3, 0.4) is 0 Å². The molecule has 1 aromatic heterocycles. The van der Waals surface area contributed by atoms with Crippen molar-refractivity contribution < 1.29 is 4.79 Å². The van der Waals surface area contributed by atoms with Gasteiger partial charge in [0.2, 0.25) is 0 Å². The van der Waals surface area contributed by atoms with Gasteiger partial charge in [0.1, 0.15) is 0 Å². The molecule has 2 aromatic rings. The third-order valence-electron chi connectivity index (χ3n) is 2.41. The molecule has 88 valence electrons. The maximum atomic E-state index is 11.8. The van der Waals surface area contributed by atoms with E-state index in [1.165, 1.54) is 0 Å². The maximum Gasteiger partial charge on any atom is 0.255 e. The molecule has 0 atom stereocenters. The SMILES string of the molecule is NCCc1ccc(C(=O)Nc2cn[nH]c2)cc1. The molecule has 1 amide bonds. The fraction of sp³-hybridized carbons (Fsp3) is 0.167. The normalized spacial score (nSPS) is 10.2. The smallest absolute Gasteiger partial charge is 0.255 e. The van der Waals surface area contributed by atoms with Gasteiger partial charge in [-0.15, -0.1) is 0 Å². The third kappa shape index (κ3) is 2.92. The van der Waals surface area contributed by atoms with Gasteiger partial charge < -0.3 is 11.1 Å². The van der Waals surface area contributed by atoms with Crippen LogP contribution in [0.4, 0.5) is 5.69 Å². The summed E-state index contributed by atoms with van der Waals surface area (Å²) in [6.07, 6.45) is 4.00. The average Bonchev–Trinajstić information content (AvgIpc) is 2.83. The van der Waals surface area contributed by atoms with Gasteiger partial charge in [-0.3, -0.25) is 9.89 Å². The molecule has 2 rings (SSSR count). The van der Waals surface area contributed by atoms with Crippen molar-refractivity contribution in [1.29, 1.82) is 0 Å². The van der Waals surface area contributed by atoms with E-state index in [4.69, 9.17) is 5.73 Å². The molecule has 0 saturated heterocycles. The number of carbonyl (C=O) groups is 1. The van der Waals surface area contributed by atoms with Gasteiger partial charge >= 0.3 is 0 Å². The van der Waals surface area contributed by atoms with Gasteiger partial charge in [-0.1, -0.05) is 12.1 Å². The molecule has 5 nitrogen and oxygen atoms in total. The van der Waals surface area contributed by atoms with E-state index in [0.717, 1.165) is 12.0 Å². The minimum Gasteiger partial charge on any atom is -0.330 e. The molecule has 0 radical (unpaired) electrons. The van der Waals surface area contributed by atoms with E-state index >= 15 is 0 Å². The van der Waals surface area contributed by atoms with Gasteiger partial charge in [-0.05, 0) is 30.7 Å². The van der Waals surface area contributed by atoms with Crippen LogP contribution in [0.1, 0.15) is 15.9 Å². The zero-order valence-corrected chi connectivity index (χ0v) is 9.31. The van der Waals surface area contributed by atoms with Gasteiger partial charge in [-0.25, -0.2) is 0 Å². The number of aromatic nitrogens is 2. The zero-order chi connectivity index (χ0) is 12.1. The molecular formula is C12H14N4O. The van der Waals surface area contributed by atoms with Crippen molar-refractivity contribution in [3.05, 3.63) is 47.8 Å². The summed E-state index contributed by atoms with van der Waals surface area (Å²) in [5.74, 6) is -0.148. The van der Waals surface area contributed by atoms with Crippen LogP contribution in [0.5, 0.6) is 0 Å². The second-order valence-electron chi connectivity index (χ2n) is 3.68. The number of carbonyl (C=O) groups excluding carboxylic acids is 1. The summed E-state index contributed by atoms with van der Waals surface area (Å²) >= 11 is 0. The van der Waals surface area contributed by atoms with E-state index in [0.29, 0.717) is 17.8 Å². The topological polar surface area (TPSA) is 83.8 Å². The number of hydrogen-bond acceptors (Lipinski definition) is 3. The van der Waals surface area contributed by atoms with Crippen LogP contribution in [-0.4, -0.2) is 22.6 Å². The lowest BCUT2D eigenvalue weighted by Crippen LogP contribution is -2.11. The largest absolute Gasteiger partial charge is 0.330 e. The summed E-state index contributed by atoms with van der Waals surface area (Å²) < 4.78 is 0. The van der Waals surface area contributed by atoms with Crippen molar-refractivity contribution in [1.82, 2.24) is 10.2 Å². The molecule has 0 aliphatic heterocycles. The Hall–Kier alpha value is -2.14. The van der Waals surface area contributed by atoms with Gasteiger partial charge in [0.15, 0.2) is 0 Å². The number of rotatable bonds is 4. The number of nitrogens with two attached hydrogens (primary N) is 1. The predicted molar refractivity (Wildman–Crippen MR) is 65.7 cm³/mol. The molecule has 1 heterocycles. The first-order valence-electron chi connectivity index (χ1n) is 5.39. The zero-order valence-electron chi connectivity index (χ0n) is 9.31. The fourth-order valence-electron chi connectivity index (χ4n) is 1.51. The molecule has 0 saturated carbocycles. The van der Waals surface area contributed by atoms with Crippen molar-refractivity contribution in [2.24, 2.45) is 5.73 Å². The highest BCUT2D eigenvalue weighted by molar-refractivity contribution is 6.04. The summed E-state index contributed by atoms with van der Waals surface area (Å²) in [4.78, 5) is 11.8. The molecule has 0 spiro atoms. The Labute approximate surface area is 99.0 Å². The number of benzene rings is 1. The van der Waals surface area contributed by atoms with Crippen LogP contribution in [0.2, 0.25) is 0 Å². The number of anilines is 1. The Balaban J connectivity index is 2.04. The highest BCUT2D eigenvalue weighted by Gasteiger charge is 2.06. The Morgan fingerprint density at radius 2 is 2.12 bits per heavy atom. The molecule has 5 heteroatoms. The molecule has 1 aromatic carbocycles. The van der Waals surface area contributed by atoms with Gasteiger partial charge in [-0.2, -0.15) is 5.10 Å². The van der Waals surface area contributed by atoms with Gasteiger partial charge in [0.05, 0.1) is 11.9 Å². The molecule has 4 N–H and O–H groups in total. The molecule has 0 aliphatic carbocycles. The minimum atomic E-state index is -0.148. The molecule has 0 fully saturated rings. The summed E-state index contributed by atoms with van der Waals surface area (Å²) in [5, 5.41) is 9.12. The van der Waals surface area contributed by atoms with Gasteiger partial charge in [0.25, 0.3) is 5.91 Å². The van der Waals surface area contributed by atoms with E-state index < -0.39 is 0 Å². The lowest BCUT2D eigenvalue weighted by molar-refractivity contribution is 0.102. The third-order valence-corrected chi connectivity index (χ3v) is 2.41. The second kappa shape index (κ2) is 5.27. The first-order valence-corrected chi connectivity index (χ1v) is 5.39. The molecule has 0 unspecified atom stereocenters. The first-order chi connectivity index (χ1) is 8.29. The lowest BCUT2D eigenvalue weighted by atomic mass is 10.1. The number of amides is 1. The van der Waals surface area contributed by atoms with Crippen molar-refractivity contribution in [3.8, 4) is 0 Å². The Morgan fingerprint density at radius 1 is 1.35 bits per heavy atom. The molecule has 0 bridgehead atoms. The number of nitrogens with zero attached hydrogens (tertiary/aromatic N) is 1. The van der Waals surface area contributed by atoms with E-state index in [2.05, 4.69) is 15.5 Å². The first kappa shape index (κ1) is 11.3. The average molecular weight is 230 g/mol. The Bertz CT molecular complexity index is 476. The monoisotopic (exact) mass is 230 g/mol. The summed E-state index contributed by atoms with van der Waals surface area (Å²) in [5.41, 5.74) is 7.86. The number of nitrogens with one attached hydrogen (secondary N) is 2. The van der Waals surface area contributed by atoms with Crippen LogP contribution in [0, 0.1) is 0 Å². The number of hydrogen-bond donors (Lipinski definition) is 3. The number of H-pyrrole nitrogens is 1. The van der Waals surface area contributed by atoms with Crippen molar-refractivity contribution in [2.75, 3.05) is 11.9 Å². The Kier molecular flexibility index (Phi) is 3.52. The fourth-order valence-corrected chi connectivity index (χ4v) is 1.51. The van der Waals surface area contributed by atoms with Crippen LogP contribution in [-0.2, 0) is 6.42 Å². The molecule has 17 heavy (non-hydrogen) atoms. The number of aromatic amines is 1. The van der Waals surface area contributed by atoms with Gasteiger partial charge in [0, 0.05) is 11.8 Å². The quantitative estimate of drug-likeness (QED) is 0.737. The van der Waals surface area contributed by atoms with Crippen LogP contribution < -0.4 is 11.1 Å². The predicted octanol–water partition coefficient (Wildman–Crippen LogP) is 1.16. The minimum absolute atomic E-state index is 0.148. The summed E-state index contributed by atoms with van der Waals surface area (Å²) in [6.45, 7) is 0.612. The van der Waals surface area contributed by atoms with Crippen LogP contribution in [0.25, 0.3) is 0 Å². The summed E-state index contributed by atoms with van der Waals surface area (Å²) in [6, 6.07) is 7.41. The van der Waals surface area contributed by atoms with Crippen molar-refractivity contribution in [2.45, 2.75) is 6.42 Å². The highest BCUT2D eigenvalue weighted by atomic mass is 16.1. The van der Waals surface area contributed by atoms with Crippen LogP contribution in [0.15, 0.2) is 36.7 Å². The maximum absolute atomic E-state index is 11.8.